The summed E-state index contributed by atoms with van der Waals surface area (Å²) in [5.41, 5.74) is 4.31. The van der Waals surface area contributed by atoms with Crippen molar-refractivity contribution in [3.63, 3.8) is 0 Å². The van der Waals surface area contributed by atoms with Crippen LogP contribution in [0.25, 0.3) is 0 Å². The first-order valence-corrected chi connectivity index (χ1v) is 26.7. The average Bonchev–Trinajstić information content (AvgIpc) is 3.81. The second-order valence-electron chi connectivity index (χ2n) is 19.6. The first-order valence-electron chi connectivity index (χ1n) is 26.7. The maximum absolute atomic E-state index is 15.3. The van der Waals surface area contributed by atoms with Crippen molar-refractivity contribution >= 4 is 52.1 Å². The molecule has 0 aliphatic carbocycles. The van der Waals surface area contributed by atoms with Crippen LogP contribution in [-0.4, -0.2) is 114 Å². The number of rotatable bonds is 26. The molecule has 5 aromatic rings. The fraction of sp³-hybridized carbons (Fsp3) is 0.400. The molecule has 0 spiro atoms. The second-order valence-corrected chi connectivity index (χ2v) is 19.6. The quantitative estimate of drug-likeness (QED) is 0.0252. The Bertz CT molecular complexity index is 2860. The number of anilines is 5. The summed E-state index contributed by atoms with van der Waals surface area (Å²) in [6.07, 6.45) is 6.68. The topological polar surface area (TPSA) is 205 Å². The molecule has 0 radical (unpaired) electrons. The number of aliphatic hydroxyl groups is 4. The molecule has 4 atom stereocenters. The molecule has 0 saturated heterocycles. The molecule has 2 unspecified atom stereocenters. The largest absolute Gasteiger partial charge is 0.494 e. The molecule has 16 nitrogen and oxygen atoms in total. The fourth-order valence-corrected chi connectivity index (χ4v) is 10.5. The molecule has 6 N–H and O–H groups in total. The molecule has 4 amide bonds. The number of aliphatic hydroxyl groups excluding tert-OH is 3. The second kappa shape index (κ2) is 25.7. The number of fused-ring (bicyclic) bond motifs is 3. The molecule has 5 aromatic carbocycles. The number of unbranched alkanes of at least 4 members (excludes halogenated alkanes) is 2. The summed E-state index contributed by atoms with van der Waals surface area (Å²) in [7, 11) is 0. The van der Waals surface area contributed by atoms with E-state index in [4.69, 9.17) is 9.47 Å². The zero-order chi connectivity index (χ0) is 53.8. The van der Waals surface area contributed by atoms with E-state index in [-0.39, 0.29) is 62.6 Å². The molecular weight excluding hydrogens is 965 g/mol. The zero-order valence-corrected chi connectivity index (χ0v) is 43.8. The number of carbonyl (C=O) groups is 4. The van der Waals surface area contributed by atoms with Gasteiger partial charge in [0.1, 0.15) is 11.5 Å². The van der Waals surface area contributed by atoms with Gasteiger partial charge in [0, 0.05) is 55.6 Å². The van der Waals surface area contributed by atoms with Gasteiger partial charge < -0.3 is 50.3 Å². The standard InChI is InChI=1S/C60H72N6O10/c1-4-75-48-22-25-53-44(34-48)36-51(61-27-9-11-30-67)57(71)65(53)46-19-14-18-43(33-46)40-64-55-24-21-47(66-54-26-23-49(76-5-2)35-45(54)37-52(58(66)72)62-28-10-12-31-68)38-50(55)60(74,59(64)73)41(3)15-13-20-56(70)63(29-32-69)39-42-16-7-6-8-17-42/h6-8,13-19,21-26,33-35,38,41,51-52,61-62,67-69,74H,4-5,9-12,20,27-32,36-37,39-40H2,1-3H3/b15-13+/t41-,51?,52?,60+/m1/s1. The molecule has 0 saturated carbocycles. The van der Waals surface area contributed by atoms with Crippen LogP contribution in [0, 0.1) is 5.92 Å². The minimum atomic E-state index is -2.17. The van der Waals surface area contributed by atoms with Crippen LogP contribution in [0.3, 0.4) is 0 Å². The molecule has 3 aliphatic rings. The van der Waals surface area contributed by atoms with Crippen LogP contribution in [-0.2, 0) is 50.7 Å². The van der Waals surface area contributed by atoms with Gasteiger partial charge in [-0.3, -0.25) is 29.0 Å². The van der Waals surface area contributed by atoms with E-state index in [1.54, 1.807) is 52.0 Å². The van der Waals surface area contributed by atoms with E-state index in [2.05, 4.69) is 10.6 Å². The Kier molecular flexibility index (Phi) is 18.7. The van der Waals surface area contributed by atoms with Gasteiger partial charge in [-0.05, 0) is 154 Å². The molecule has 402 valence electrons. The number of nitrogens with one attached hydrogen (secondary N) is 2. The smallest absolute Gasteiger partial charge is 0.264 e. The summed E-state index contributed by atoms with van der Waals surface area (Å²) in [5, 5.41) is 48.7. The van der Waals surface area contributed by atoms with Gasteiger partial charge in [0.15, 0.2) is 5.60 Å². The Morgan fingerprint density at radius 3 is 1.83 bits per heavy atom. The van der Waals surface area contributed by atoms with E-state index in [1.807, 2.05) is 105 Å². The lowest BCUT2D eigenvalue weighted by molar-refractivity contribution is -0.139. The molecule has 0 bridgehead atoms. The first kappa shape index (κ1) is 55.3. The maximum Gasteiger partial charge on any atom is 0.264 e. The van der Waals surface area contributed by atoms with Crippen LogP contribution in [0.15, 0.2) is 121 Å². The number of amides is 4. The van der Waals surface area contributed by atoms with Gasteiger partial charge >= 0.3 is 0 Å². The van der Waals surface area contributed by atoms with Crippen molar-refractivity contribution < 1.29 is 49.1 Å². The lowest BCUT2D eigenvalue weighted by atomic mass is 9.82. The van der Waals surface area contributed by atoms with Gasteiger partial charge in [-0.25, -0.2) is 0 Å². The molecule has 8 rings (SSSR count). The van der Waals surface area contributed by atoms with Crippen molar-refractivity contribution in [1.29, 1.82) is 0 Å². The normalized spacial score (nSPS) is 18.5. The Morgan fingerprint density at radius 2 is 1.26 bits per heavy atom. The van der Waals surface area contributed by atoms with Crippen molar-refractivity contribution in [2.45, 2.75) is 96.5 Å². The summed E-state index contributed by atoms with van der Waals surface area (Å²) in [4.78, 5) is 64.5. The van der Waals surface area contributed by atoms with E-state index in [0.29, 0.717) is 117 Å². The van der Waals surface area contributed by atoms with E-state index in [1.165, 1.54) is 4.90 Å². The number of nitrogens with zero attached hydrogens (tertiary/aromatic N) is 4. The van der Waals surface area contributed by atoms with Gasteiger partial charge in [0.2, 0.25) is 17.7 Å². The van der Waals surface area contributed by atoms with Crippen LogP contribution in [0.2, 0.25) is 0 Å². The molecule has 76 heavy (non-hydrogen) atoms. The van der Waals surface area contributed by atoms with Gasteiger partial charge in [-0.1, -0.05) is 61.5 Å². The molecule has 3 heterocycles. The predicted octanol–water partition coefficient (Wildman–Crippen LogP) is 6.72. The number of benzene rings is 5. The summed E-state index contributed by atoms with van der Waals surface area (Å²) >= 11 is 0. The molecular formula is C60H72N6O10. The van der Waals surface area contributed by atoms with E-state index in [0.717, 1.165) is 16.7 Å². The third kappa shape index (κ3) is 12.2. The van der Waals surface area contributed by atoms with Gasteiger partial charge in [-0.15, -0.1) is 0 Å². The van der Waals surface area contributed by atoms with Crippen LogP contribution >= 0.6 is 0 Å². The Morgan fingerprint density at radius 1 is 0.697 bits per heavy atom. The monoisotopic (exact) mass is 1040 g/mol. The average molecular weight is 1040 g/mol. The molecule has 3 aliphatic heterocycles. The maximum atomic E-state index is 15.3. The molecule has 16 heteroatoms. The Hall–Kier alpha value is -6.92. The van der Waals surface area contributed by atoms with E-state index in [9.17, 15) is 34.8 Å². The van der Waals surface area contributed by atoms with Crippen LogP contribution in [0.1, 0.15) is 80.7 Å². The van der Waals surface area contributed by atoms with Crippen molar-refractivity contribution in [2.75, 3.05) is 67.4 Å². The van der Waals surface area contributed by atoms with Gasteiger partial charge in [-0.2, -0.15) is 0 Å². The van der Waals surface area contributed by atoms with Crippen molar-refractivity contribution in [3.05, 3.63) is 149 Å². The number of hydrogen-bond donors (Lipinski definition) is 6. The van der Waals surface area contributed by atoms with E-state index < -0.39 is 29.5 Å². The zero-order valence-electron chi connectivity index (χ0n) is 43.8. The minimum absolute atomic E-state index is 0.0123. The van der Waals surface area contributed by atoms with Crippen molar-refractivity contribution in [3.8, 4) is 11.5 Å². The third-order valence-electron chi connectivity index (χ3n) is 14.4. The molecule has 0 aromatic heterocycles. The van der Waals surface area contributed by atoms with Crippen molar-refractivity contribution in [2.24, 2.45) is 5.92 Å². The number of ether oxygens (including phenoxy) is 2. The minimum Gasteiger partial charge on any atom is -0.494 e. The first-order chi connectivity index (χ1) is 36.9. The fourth-order valence-electron chi connectivity index (χ4n) is 10.5. The van der Waals surface area contributed by atoms with Gasteiger partial charge in [0.25, 0.3) is 5.91 Å². The lowest BCUT2D eigenvalue weighted by Gasteiger charge is -2.35. The number of carbonyl (C=O) groups excluding carboxylic acids is 4. The number of hydrogen-bond acceptors (Lipinski definition) is 12. The summed E-state index contributed by atoms with van der Waals surface area (Å²) in [5.74, 6) is -0.736. The highest BCUT2D eigenvalue weighted by Gasteiger charge is 2.53. The highest BCUT2D eigenvalue weighted by molar-refractivity contribution is 6.10. The summed E-state index contributed by atoms with van der Waals surface area (Å²) < 4.78 is 11.7. The lowest BCUT2D eigenvalue weighted by Crippen LogP contribution is -2.49. The Labute approximate surface area is 445 Å². The highest BCUT2D eigenvalue weighted by Crippen LogP contribution is 2.49. The van der Waals surface area contributed by atoms with Crippen LogP contribution in [0.4, 0.5) is 28.4 Å². The SMILES string of the molecule is CCOc1ccc2c(c1)CC(NCCCCO)C(=O)N2c1cccc(CN2C(=O)[C@](O)([C@H](C)/C=C/CC(=O)N(CCO)Cc3ccccc3)c3cc(N4C(=O)C(NCCCCO)Cc5cc(OCC)ccc54)ccc32)c1. The summed E-state index contributed by atoms with van der Waals surface area (Å²) in [6.45, 7) is 7.88. The molecule has 0 fully saturated rings. The Balaban J connectivity index is 1.15. The van der Waals surface area contributed by atoms with E-state index >= 15 is 4.79 Å². The third-order valence-corrected chi connectivity index (χ3v) is 14.4. The van der Waals surface area contributed by atoms with Crippen molar-refractivity contribution in [1.82, 2.24) is 15.5 Å². The summed E-state index contributed by atoms with van der Waals surface area (Å²) in [6, 6.07) is 32.3. The highest BCUT2D eigenvalue weighted by atomic mass is 16.5. The van der Waals surface area contributed by atoms with Crippen LogP contribution in [0.5, 0.6) is 11.5 Å². The predicted molar refractivity (Wildman–Crippen MR) is 293 cm³/mol. The van der Waals surface area contributed by atoms with Crippen LogP contribution < -0.4 is 34.8 Å². The van der Waals surface area contributed by atoms with Gasteiger partial charge in [0.05, 0.1) is 55.5 Å².